The zero-order valence-corrected chi connectivity index (χ0v) is 12.1. The Morgan fingerprint density at radius 1 is 1.56 bits per heavy atom. The van der Waals surface area contributed by atoms with Crippen LogP contribution >= 0.6 is 11.3 Å². The molecule has 3 heterocycles. The highest BCUT2D eigenvalue weighted by Crippen LogP contribution is 2.41. The number of rotatable bonds is 3. The van der Waals surface area contributed by atoms with E-state index in [9.17, 15) is 8.42 Å². The summed E-state index contributed by atoms with van der Waals surface area (Å²) in [5.74, 6) is 1.05. The van der Waals surface area contributed by atoms with Gasteiger partial charge in [-0.2, -0.15) is 0 Å². The number of aromatic nitrogens is 1. The molecule has 1 N–H and O–H groups in total. The van der Waals surface area contributed by atoms with E-state index in [1.807, 2.05) is 6.92 Å². The largest absolute Gasteiger partial charge is 0.315 e. The monoisotopic (exact) mass is 286 g/mol. The second kappa shape index (κ2) is 4.28. The lowest BCUT2D eigenvalue weighted by molar-refractivity contribution is 0.0913. The second-order valence-electron chi connectivity index (χ2n) is 5.60. The third kappa shape index (κ3) is 2.21. The fourth-order valence-electron chi connectivity index (χ4n) is 3.13. The number of hydrogen-bond donors (Lipinski definition) is 1. The Balaban J connectivity index is 1.78. The lowest BCUT2D eigenvalue weighted by Crippen LogP contribution is -2.59. The number of sulfone groups is 1. The van der Waals surface area contributed by atoms with Crippen molar-refractivity contribution in [2.45, 2.75) is 19.8 Å². The van der Waals surface area contributed by atoms with E-state index in [0.717, 1.165) is 36.6 Å². The molecule has 0 amide bonds. The Kier molecular flexibility index (Phi) is 2.99. The fraction of sp³-hybridized carbons (Fsp3) is 0.750. The van der Waals surface area contributed by atoms with Gasteiger partial charge in [0, 0.05) is 23.9 Å². The minimum atomic E-state index is -2.79. The molecule has 100 valence electrons. The quantitative estimate of drug-likeness (QED) is 0.901. The first kappa shape index (κ1) is 12.6. The molecule has 0 aromatic carbocycles. The van der Waals surface area contributed by atoms with Crippen LogP contribution in [0.5, 0.6) is 0 Å². The number of nitrogens with one attached hydrogen (secondary N) is 1. The van der Waals surface area contributed by atoms with E-state index in [2.05, 4.69) is 15.7 Å². The number of nitrogens with zero attached hydrogens (tertiary/aromatic N) is 1. The van der Waals surface area contributed by atoms with Gasteiger partial charge in [0.05, 0.1) is 22.2 Å². The summed E-state index contributed by atoms with van der Waals surface area (Å²) in [6, 6.07) is 0. The SMILES string of the molecule is Cc1nc(CC2(C3CCS(=O)(=O)C3)CNC2)cs1. The van der Waals surface area contributed by atoms with E-state index in [4.69, 9.17) is 0 Å². The Labute approximate surface area is 112 Å². The van der Waals surface area contributed by atoms with Crippen LogP contribution in [-0.4, -0.2) is 38.0 Å². The minimum Gasteiger partial charge on any atom is -0.315 e. The first-order valence-corrected chi connectivity index (χ1v) is 9.01. The highest BCUT2D eigenvalue weighted by molar-refractivity contribution is 7.91. The average Bonchev–Trinajstić information content (AvgIpc) is 2.79. The molecule has 2 fully saturated rings. The molecule has 6 heteroatoms. The van der Waals surface area contributed by atoms with Gasteiger partial charge in [-0.3, -0.25) is 0 Å². The summed E-state index contributed by atoms with van der Waals surface area (Å²) in [7, 11) is -2.79. The van der Waals surface area contributed by atoms with Gasteiger partial charge in [0.2, 0.25) is 0 Å². The highest BCUT2D eigenvalue weighted by Gasteiger charge is 2.48. The molecule has 0 radical (unpaired) electrons. The van der Waals surface area contributed by atoms with Crippen LogP contribution in [0.1, 0.15) is 17.1 Å². The van der Waals surface area contributed by atoms with Crippen LogP contribution < -0.4 is 5.32 Å². The molecule has 18 heavy (non-hydrogen) atoms. The molecule has 2 saturated heterocycles. The summed E-state index contributed by atoms with van der Waals surface area (Å²) in [6.45, 7) is 3.88. The zero-order valence-electron chi connectivity index (χ0n) is 10.5. The van der Waals surface area contributed by atoms with Crippen molar-refractivity contribution in [2.24, 2.45) is 11.3 Å². The predicted octanol–water partition coefficient (Wildman–Crippen LogP) is 1.02. The standard InChI is InChI=1S/C12H18N2O2S2/c1-9-14-11(5-17-9)4-12(7-13-8-12)10-2-3-18(15,16)6-10/h5,10,13H,2-4,6-8H2,1H3. The summed E-state index contributed by atoms with van der Waals surface area (Å²) >= 11 is 1.67. The fourth-order valence-corrected chi connectivity index (χ4v) is 5.69. The second-order valence-corrected chi connectivity index (χ2v) is 8.89. The molecule has 0 saturated carbocycles. The Morgan fingerprint density at radius 2 is 2.33 bits per heavy atom. The lowest BCUT2D eigenvalue weighted by atomic mass is 9.67. The molecule has 2 aliphatic heterocycles. The molecule has 0 aliphatic carbocycles. The van der Waals surface area contributed by atoms with Crippen molar-refractivity contribution in [2.75, 3.05) is 24.6 Å². The van der Waals surface area contributed by atoms with E-state index in [1.54, 1.807) is 11.3 Å². The molecule has 1 atom stereocenters. The van der Waals surface area contributed by atoms with Crippen LogP contribution in [0.25, 0.3) is 0 Å². The maximum Gasteiger partial charge on any atom is 0.150 e. The average molecular weight is 286 g/mol. The third-order valence-electron chi connectivity index (χ3n) is 4.25. The van der Waals surface area contributed by atoms with Gasteiger partial charge in [0.15, 0.2) is 9.84 Å². The van der Waals surface area contributed by atoms with Gasteiger partial charge < -0.3 is 5.32 Å². The van der Waals surface area contributed by atoms with Crippen LogP contribution in [-0.2, 0) is 16.3 Å². The van der Waals surface area contributed by atoms with Crippen molar-refractivity contribution in [3.05, 3.63) is 16.1 Å². The Bertz CT molecular complexity index is 546. The molecular weight excluding hydrogens is 268 g/mol. The van der Waals surface area contributed by atoms with Crippen LogP contribution in [0.3, 0.4) is 0 Å². The summed E-state index contributed by atoms with van der Waals surface area (Å²) in [4.78, 5) is 4.53. The predicted molar refractivity (Wildman–Crippen MR) is 72.6 cm³/mol. The van der Waals surface area contributed by atoms with Crippen LogP contribution in [0.15, 0.2) is 5.38 Å². The smallest absolute Gasteiger partial charge is 0.150 e. The zero-order chi connectivity index (χ0) is 12.8. The Morgan fingerprint density at radius 3 is 2.78 bits per heavy atom. The summed E-state index contributed by atoms with van der Waals surface area (Å²) in [5, 5.41) is 6.51. The van der Waals surface area contributed by atoms with Gasteiger partial charge in [-0.05, 0) is 25.7 Å². The molecule has 1 aromatic heterocycles. The van der Waals surface area contributed by atoms with Crippen molar-refractivity contribution < 1.29 is 8.42 Å². The molecule has 0 bridgehead atoms. The Hall–Kier alpha value is -0.460. The lowest BCUT2D eigenvalue weighted by Gasteiger charge is -2.46. The van der Waals surface area contributed by atoms with Crippen LogP contribution in [0.4, 0.5) is 0 Å². The van der Waals surface area contributed by atoms with E-state index < -0.39 is 9.84 Å². The van der Waals surface area contributed by atoms with E-state index >= 15 is 0 Å². The minimum absolute atomic E-state index is 0.129. The van der Waals surface area contributed by atoms with Gasteiger partial charge in [-0.25, -0.2) is 13.4 Å². The first-order chi connectivity index (χ1) is 8.49. The van der Waals surface area contributed by atoms with Crippen molar-refractivity contribution >= 4 is 21.2 Å². The summed E-state index contributed by atoms with van der Waals surface area (Å²) in [6.07, 6.45) is 1.75. The third-order valence-corrected chi connectivity index (χ3v) is 6.84. The number of hydrogen-bond acceptors (Lipinski definition) is 5. The van der Waals surface area contributed by atoms with E-state index in [1.165, 1.54) is 0 Å². The van der Waals surface area contributed by atoms with Crippen molar-refractivity contribution in [1.82, 2.24) is 10.3 Å². The normalized spacial score (nSPS) is 29.1. The van der Waals surface area contributed by atoms with Gasteiger partial charge in [-0.15, -0.1) is 11.3 Å². The van der Waals surface area contributed by atoms with Crippen molar-refractivity contribution in [1.29, 1.82) is 0 Å². The molecule has 0 spiro atoms. The molecule has 1 unspecified atom stereocenters. The number of thiazole rings is 1. The van der Waals surface area contributed by atoms with Gasteiger partial charge in [0.1, 0.15) is 0 Å². The molecule has 1 aromatic rings. The molecule has 3 rings (SSSR count). The van der Waals surface area contributed by atoms with E-state index in [0.29, 0.717) is 17.4 Å². The summed E-state index contributed by atoms with van der Waals surface area (Å²) < 4.78 is 23.3. The molecular formula is C12H18N2O2S2. The van der Waals surface area contributed by atoms with Gasteiger partial charge in [-0.1, -0.05) is 0 Å². The summed E-state index contributed by atoms with van der Waals surface area (Å²) in [5.41, 5.74) is 1.26. The topological polar surface area (TPSA) is 59.1 Å². The highest BCUT2D eigenvalue weighted by atomic mass is 32.2. The number of aryl methyl sites for hydroxylation is 1. The van der Waals surface area contributed by atoms with Crippen LogP contribution in [0, 0.1) is 18.3 Å². The molecule has 2 aliphatic rings. The van der Waals surface area contributed by atoms with Crippen molar-refractivity contribution in [3.8, 4) is 0 Å². The van der Waals surface area contributed by atoms with E-state index in [-0.39, 0.29) is 5.41 Å². The van der Waals surface area contributed by atoms with Gasteiger partial charge in [0.25, 0.3) is 0 Å². The van der Waals surface area contributed by atoms with Crippen LogP contribution in [0.2, 0.25) is 0 Å². The van der Waals surface area contributed by atoms with Gasteiger partial charge >= 0.3 is 0 Å². The maximum absolute atomic E-state index is 11.7. The molecule has 4 nitrogen and oxygen atoms in total. The maximum atomic E-state index is 11.7. The first-order valence-electron chi connectivity index (χ1n) is 6.31. The van der Waals surface area contributed by atoms with Crippen molar-refractivity contribution in [3.63, 3.8) is 0 Å².